The first-order valence-electron chi connectivity index (χ1n) is 9.39. The third-order valence-corrected chi connectivity index (χ3v) is 6.78. The maximum atomic E-state index is 13.1. The van der Waals surface area contributed by atoms with Gasteiger partial charge in [0.1, 0.15) is 17.2 Å². The molecular weight excluding hydrogens is 436 g/mol. The molecule has 0 saturated carbocycles. The van der Waals surface area contributed by atoms with E-state index in [1.165, 1.54) is 26.4 Å². The Bertz CT molecular complexity index is 933. The Balaban J connectivity index is 1.85. The minimum atomic E-state index is -3.92. The van der Waals surface area contributed by atoms with Crippen molar-refractivity contribution in [3.05, 3.63) is 29.1 Å². The summed E-state index contributed by atoms with van der Waals surface area (Å²) in [4.78, 5) is 8.16. The van der Waals surface area contributed by atoms with Crippen molar-refractivity contribution in [1.82, 2.24) is 24.7 Å². The molecule has 3 rings (SSSR count). The number of anilines is 1. The normalized spacial score (nSPS) is 19.0. The van der Waals surface area contributed by atoms with Crippen molar-refractivity contribution in [2.24, 2.45) is 0 Å². The highest BCUT2D eigenvalue weighted by Gasteiger charge is 2.35. The molecule has 2 unspecified atom stereocenters. The van der Waals surface area contributed by atoms with Crippen molar-refractivity contribution in [2.45, 2.75) is 37.2 Å². The fourth-order valence-electron chi connectivity index (χ4n) is 3.19. The number of hydrogen-bond acceptors (Lipinski definition) is 9. The van der Waals surface area contributed by atoms with Crippen LogP contribution in [0.5, 0.6) is 0 Å². The molecule has 11 nitrogen and oxygen atoms in total. The zero-order valence-electron chi connectivity index (χ0n) is 17.0. The Morgan fingerprint density at radius 1 is 1.33 bits per heavy atom. The first kappa shape index (κ1) is 22.8. The van der Waals surface area contributed by atoms with E-state index in [0.717, 1.165) is 6.42 Å². The number of nitrogens with one attached hydrogen (secondary N) is 1. The molecule has 1 fully saturated rings. The fourth-order valence-corrected chi connectivity index (χ4v) is 4.44. The molecule has 1 saturated heterocycles. The Morgan fingerprint density at radius 2 is 2.07 bits per heavy atom. The largest absolute Gasteiger partial charge is 0.383 e. The van der Waals surface area contributed by atoms with Gasteiger partial charge in [-0.05, 0) is 13.3 Å². The van der Waals surface area contributed by atoms with Gasteiger partial charge in [0.05, 0.1) is 24.8 Å². The van der Waals surface area contributed by atoms with E-state index >= 15 is 0 Å². The van der Waals surface area contributed by atoms with Gasteiger partial charge >= 0.3 is 0 Å². The second-order valence-electron chi connectivity index (χ2n) is 6.85. The van der Waals surface area contributed by atoms with Crippen molar-refractivity contribution in [1.29, 1.82) is 0 Å². The zero-order chi connectivity index (χ0) is 21.7. The van der Waals surface area contributed by atoms with Gasteiger partial charge in [-0.2, -0.15) is 0 Å². The summed E-state index contributed by atoms with van der Waals surface area (Å²) in [6.07, 6.45) is 2.67. The number of rotatable bonds is 10. The molecule has 13 heteroatoms. The van der Waals surface area contributed by atoms with Crippen molar-refractivity contribution in [2.75, 3.05) is 38.8 Å². The smallest absolute Gasteiger partial charge is 0.240 e. The van der Waals surface area contributed by atoms with E-state index < -0.39 is 21.4 Å². The Labute approximate surface area is 180 Å². The summed E-state index contributed by atoms with van der Waals surface area (Å²) in [7, 11) is -0.954. The Hall–Kier alpha value is -1.86. The molecule has 1 aliphatic rings. The third kappa shape index (κ3) is 5.06. The first-order chi connectivity index (χ1) is 14.4. The lowest BCUT2D eigenvalue weighted by Crippen LogP contribution is -2.33. The molecule has 0 radical (unpaired) electrons. The van der Waals surface area contributed by atoms with Crippen LogP contribution in [0.2, 0.25) is 5.02 Å². The van der Waals surface area contributed by atoms with E-state index in [4.69, 9.17) is 25.8 Å². The van der Waals surface area contributed by atoms with Crippen LogP contribution in [-0.2, 0) is 30.8 Å². The molecule has 1 N–H and O–H groups in total. The summed E-state index contributed by atoms with van der Waals surface area (Å²) in [5, 5.41) is 7.61. The van der Waals surface area contributed by atoms with Gasteiger partial charge in [0.15, 0.2) is 5.82 Å². The summed E-state index contributed by atoms with van der Waals surface area (Å²) in [6, 6.07) is 0. The van der Waals surface area contributed by atoms with E-state index in [1.54, 1.807) is 11.7 Å². The van der Waals surface area contributed by atoms with Crippen molar-refractivity contribution >= 4 is 27.6 Å². The monoisotopic (exact) mass is 460 g/mol. The average molecular weight is 461 g/mol. The lowest BCUT2D eigenvalue weighted by Gasteiger charge is -2.22. The lowest BCUT2D eigenvalue weighted by atomic mass is 10.1. The highest BCUT2D eigenvalue weighted by atomic mass is 35.5. The van der Waals surface area contributed by atoms with Gasteiger partial charge in [-0.1, -0.05) is 11.6 Å². The summed E-state index contributed by atoms with van der Waals surface area (Å²) < 4.78 is 46.4. The second-order valence-corrected chi connectivity index (χ2v) is 9.33. The molecule has 0 aliphatic carbocycles. The van der Waals surface area contributed by atoms with Crippen LogP contribution < -0.4 is 4.72 Å². The number of aromatic nitrogens is 5. The van der Waals surface area contributed by atoms with Gasteiger partial charge in [-0.25, -0.2) is 18.4 Å². The van der Waals surface area contributed by atoms with E-state index in [2.05, 4.69) is 24.9 Å². The maximum absolute atomic E-state index is 13.1. The Kier molecular flexibility index (Phi) is 7.58. The summed E-state index contributed by atoms with van der Waals surface area (Å²) >= 11 is 5.82. The number of halogens is 1. The summed E-state index contributed by atoms with van der Waals surface area (Å²) in [6.45, 7) is 3.44. The molecule has 0 amide bonds. The topological polar surface area (TPSA) is 130 Å². The first-order valence-corrected chi connectivity index (χ1v) is 11.3. The predicted molar refractivity (Wildman–Crippen MR) is 109 cm³/mol. The molecule has 0 spiro atoms. The van der Waals surface area contributed by atoms with Crippen LogP contribution in [-0.4, -0.2) is 72.4 Å². The zero-order valence-corrected chi connectivity index (χ0v) is 18.6. The van der Waals surface area contributed by atoms with Crippen LogP contribution in [0.25, 0.3) is 0 Å². The highest BCUT2D eigenvalue weighted by Crippen LogP contribution is 2.28. The number of sulfonamides is 1. The van der Waals surface area contributed by atoms with Crippen LogP contribution in [0.3, 0.4) is 0 Å². The molecule has 3 atom stereocenters. The van der Waals surface area contributed by atoms with Gasteiger partial charge in [0.2, 0.25) is 16.0 Å². The van der Waals surface area contributed by atoms with E-state index in [1.807, 2.05) is 0 Å². The molecular formula is C17H25ClN6O5S. The lowest BCUT2D eigenvalue weighted by molar-refractivity contribution is 0.0950. The SMILES string of the molecule is COCCn1c(NS(=O)(=O)C(C)C(OC)c2ncc(Cl)cn2)nnc1[C@H]1CCOC1. The van der Waals surface area contributed by atoms with Crippen LogP contribution in [0.1, 0.15) is 37.0 Å². The summed E-state index contributed by atoms with van der Waals surface area (Å²) in [5.41, 5.74) is 0. The van der Waals surface area contributed by atoms with Gasteiger partial charge in [-0.3, -0.25) is 9.29 Å². The van der Waals surface area contributed by atoms with Gasteiger partial charge < -0.3 is 14.2 Å². The molecule has 3 heterocycles. The quantitative estimate of drug-likeness (QED) is 0.558. The van der Waals surface area contributed by atoms with Crippen molar-refractivity contribution in [3.8, 4) is 0 Å². The molecule has 166 valence electrons. The van der Waals surface area contributed by atoms with Crippen LogP contribution in [0, 0.1) is 0 Å². The molecule has 30 heavy (non-hydrogen) atoms. The number of ether oxygens (including phenoxy) is 3. The molecule has 2 aromatic heterocycles. The third-order valence-electron chi connectivity index (χ3n) is 4.89. The number of methoxy groups -OCH3 is 2. The molecule has 0 bridgehead atoms. The standard InChI is InChI=1S/C17H25ClN6O5S/c1-11(14(28-3)15-19-8-13(18)9-20-15)30(25,26)23-17-22-21-16(12-4-6-29-10-12)24(17)5-7-27-2/h8-9,11-12,14H,4-7,10H2,1-3H3,(H,22,23)/t11?,12-,14?/m0/s1. The van der Waals surface area contributed by atoms with Crippen LogP contribution in [0.4, 0.5) is 5.95 Å². The summed E-state index contributed by atoms with van der Waals surface area (Å²) in [5.74, 6) is 1.05. The van der Waals surface area contributed by atoms with Crippen LogP contribution >= 0.6 is 11.6 Å². The predicted octanol–water partition coefficient (Wildman–Crippen LogP) is 1.39. The molecule has 2 aromatic rings. The average Bonchev–Trinajstić information content (AvgIpc) is 3.38. The minimum Gasteiger partial charge on any atom is -0.383 e. The maximum Gasteiger partial charge on any atom is 0.240 e. The van der Waals surface area contributed by atoms with Gasteiger partial charge in [0.25, 0.3) is 0 Å². The Morgan fingerprint density at radius 3 is 2.67 bits per heavy atom. The van der Waals surface area contributed by atoms with E-state index in [9.17, 15) is 8.42 Å². The van der Waals surface area contributed by atoms with Crippen molar-refractivity contribution in [3.63, 3.8) is 0 Å². The van der Waals surface area contributed by atoms with Crippen molar-refractivity contribution < 1.29 is 22.6 Å². The highest BCUT2D eigenvalue weighted by molar-refractivity contribution is 7.93. The molecule has 1 aliphatic heterocycles. The number of hydrogen-bond donors (Lipinski definition) is 1. The number of nitrogens with zero attached hydrogens (tertiary/aromatic N) is 5. The van der Waals surface area contributed by atoms with Gasteiger partial charge in [0, 0.05) is 39.1 Å². The second kappa shape index (κ2) is 9.96. The molecule has 0 aromatic carbocycles. The van der Waals surface area contributed by atoms with Crippen LogP contribution in [0.15, 0.2) is 12.4 Å². The van der Waals surface area contributed by atoms with E-state index in [0.29, 0.717) is 37.2 Å². The van der Waals surface area contributed by atoms with Gasteiger partial charge in [-0.15, -0.1) is 10.2 Å². The van der Waals surface area contributed by atoms with E-state index in [-0.39, 0.29) is 17.7 Å². The fraction of sp³-hybridized carbons (Fsp3) is 0.647. The minimum absolute atomic E-state index is 0.0548.